The third-order valence-electron chi connectivity index (χ3n) is 4.17. The van der Waals surface area contributed by atoms with E-state index in [2.05, 4.69) is 10.6 Å². The van der Waals surface area contributed by atoms with Crippen molar-refractivity contribution in [2.75, 3.05) is 0 Å². The zero-order valence-electron chi connectivity index (χ0n) is 16.4. The van der Waals surface area contributed by atoms with E-state index in [1.54, 1.807) is 0 Å². The molecule has 0 aliphatic heterocycles. The summed E-state index contributed by atoms with van der Waals surface area (Å²) in [5.74, 6) is -1.27. The maximum Gasteiger partial charge on any atom is 0.243 e. The Bertz CT molecular complexity index is 663. The Labute approximate surface area is 165 Å². The van der Waals surface area contributed by atoms with Gasteiger partial charge < -0.3 is 26.9 Å². The monoisotopic (exact) mass is 390 g/mol. The molecule has 1 aromatic rings. The van der Waals surface area contributed by atoms with Gasteiger partial charge in [-0.3, -0.25) is 14.4 Å². The zero-order chi connectivity index (χ0) is 21.1. The summed E-state index contributed by atoms with van der Waals surface area (Å²) >= 11 is 0. The summed E-state index contributed by atoms with van der Waals surface area (Å²) in [6.45, 7) is 3.91. The number of hydrogen-bond acceptors (Lipinski definition) is 5. The van der Waals surface area contributed by atoms with E-state index in [-0.39, 0.29) is 25.2 Å². The molecule has 0 fully saturated rings. The number of nitrogens with two attached hydrogens (primary N) is 2. The highest BCUT2D eigenvalue weighted by Gasteiger charge is 2.26. The van der Waals surface area contributed by atoms with Crippen molar-refractivity contribution in [3.05, 3.63) is 35.9 Å². The van der Waals surface area contributed by atoms with Crippen LogP contribution in [0.5, 0.6) is 0 Å². The van der Waals surface area contributed by atoms with Crippen LogP contribution in [0.25, 0.3) is 0 Å². The van der Waals surface area contributed by atoms with E-state index in [0.717, 1.165) is 5.56 Å². The topological polar surface area (TPSA) is 144 Å². The Kier molecular flexibility index (Phi) is 9.87. The van der Waals surface area contributed by atoms with Crippen molar-refractivity contribution in [3.63, 3.8) is 0 Å². The van der Waals surface area contributed by atoms with E-state index < -0.39 is 35.8 Å². The van der Waals surface area contributed by atoms with Crippen LogP contribution in [0, 0.1) is 5.92 Å². The molecule has 28 heavy (non-hydrogen) atoms. The second kappa shape index (κ2) is 11.9. The molecular weight excluding hydrogens is 360 g/mol. The zero-order valence-corrected chi connectivity index (χ0v) is 16.4. The van der Waals surface area contributed by atoms with Gasteiger partial charge in [-0.1, -0.05) is 44.2 Å². The highest BCUT2D eigenvalue weighted by molar-refractivity contribution is 5.91. The van der Waals surface area contributed by atoms with Crippen molar-refractivity contribution >= 4 is 24.0 Å². The molecule has 6 N–H and O–H groups in total. The molecule has 0 aromatic heterocycles. The van der Waals surface area contributed by atoms with E-state index in [4.69, 9.17) is 11.5 Å². The molecule has 0 radical (unpaired) electrons. The third-order valence-corrected chi connectivity index (χ3v) is 4.17. The average molecular weight is 390 g/mol. The lowest BCUT2D eigenvalue weighted by Gasteiger charge is -2.23. The first-order valence-electron chi connectivity index (χ1n) is 9.36. The van der Waals surface area contributed by atoms with E-state index in [1.807, 2.05) is 44.2 Å². The molecule has 1 rings (SSSR count). The third kappa shape index (κ3) is 8.77. The van der Waals surface area contributed by atoms with Crippen LogP contribution in [0.4, 0.5) is 0 Å². The van der Waals surface area contributed by atoms with Crippen molar-refractivity contribution in [1.82, 2.24) is 10.6 Å². The molecule has 0 unspecified atom stereocenters. The Morgan fingerprint density at radius 3 is 2.25 bits per heavy atom. The van der Waals surface area contributed by atoms with Gasteiger partial charge in [0, 0.05) is 12.8 Å². The smallest absolute Gasteiger partial charge is 0.243 e. The van der Waals surface area contributed by atoms with Gasteiger partial charge >= 0.3 is 0 Å². The van der Waals surface area contributed by atoms with Gasteiger partial charge in [0.1, 0.15) is 12.3 Å². The van der Waals surface area contributed by atoms with Gasteiger partial charge in [-0.15, -0.1) is 0 Å². The largest absolute Gasteiger partial charge is 0.370 e. The average Bonchev–Trinajstić information content (AvgIpc) is 2.64. The van der Waals surface area contributed by atoms with Gasteiger partial charge in [-0.2, -0.15) is 0 Å². The van der Waals surface area contributed by atoms with Gasteiger partial charge in [-0.25, -0.2) is 0 Å². The number of rotatable bonds is 12. The minimum Gasteiger partial charge on any atom is -0.370 e. The molecule has 8 nitrogen and oxygen atoms in total. The van der Waals surface area contributed by atoms with Crippen molar-refractivity contribution < 1.29 is 19.2 Å². The first-order chi connectivity index (χ1) is 13.2. The van der Waals surface area contributed by atoms with Crippen LogP contribution in [0.15, 0.2) is 30.3 Å². The molecule has 3 amide bonds. The minimum atomic E-state index is -0.899. The van der Waals surface area contributed by atoms with Crippen molar-refractivity contribution in [2.45, 2.75) is 57.7 Å². The normalized spacial score (nSPS) is 14.0. The highest BCUT2D eigenvalue weighted by Crippen LogP contribution is 2.07. The van der Waals surface area contributed by atoms with E-state index in [1.165, 1.54) is 0 Å². The summed E-state index contributed by atoms with van der Waals surface area (Å²) in [6, 6.07) is 6.69. The number of nitrogens with one attached hydrogen (secondary N) is 2. The van der Waals surface area contributed by atoms with Crippen molar-refractivity contribution in [3.8, 4) is 0 Å². The molecule has 0 aliphatic rings. The summed E-state index contributed by atoms with van der Waals surface area (Å²) in [7, 11) is 0. The lowest BCUT2D eigenvalue weighted by molar-refractivity contribution is -0.130. The van der Waals surface area contributed by atoms with Gasteiger partial charge in [0.25, 0.3) is 0 Å². The Hall–Kier alpha value is -2.74. The summed E-state index contributed by atoms with van der Waals surface area (Å²) in [5, 5.41) is 5.24. The number of carbonyl (C=O) groups is 4. The molecular formula is C20H30N4O4. The number of benzene rings is 1. The fraction of sp³-hybridized carbons (Fsp3) is 0.500. The SMILES string of the molecule is CC(C)C[C@H](N)C(=O)N[C@@H](Cc1ccccc1)C(=O)N[C@H](C=O)CCC(N)=O. The molecule has 3 atom stereocenters. The maximum absolute atomic E-state index is 12.7. The van der Waals surface area contributed by atoms with Crippen molar-refractivity contribution in [1.29, 1.82) is 0 Å². The molecule has 0 aliphatic carbocycles. The second-order valence-corrected chi connectivity index (χ2v) is 7.24. The Morgan fingerprint density at radius 2 is 1.71 bits per heavy atom. The fourth-order valence-electron chi connectivity index (χ4n) is 2.71. The molecule has 1 aromatic carbocycles. The molecule has 154 valence electrons. The van der Waals surface area contributed by atoms with Crippen LogP contribution in [-0.4, -0.2) is 42.1 Å². The maximum atomic E-state index is 12.7. The van der Waals surface area contributed by atoms with E-state index >= 15 is 0 Å². The molecule has 0 saturated carbocycles. The summed E-state index contributed by atoms with van der Waals surface area (Å²) in [5.41, 5.74) is 11.9. The number of primary amides is 1. The van der Waals surface area contributed by atoms with Crippen LogP contribution in [0.3, 0.4) is 0 Å². The fourth-order valence-corrected chi connectivity index (χ4v) is 2.71. The Morgan fingerprint density at radius 1 is 1.07 bits per heavy atom. The van der Waals surface area contributed by atoms with Gasteiger partial charge in [0.2, 0.25) is 17.7 Å². The first-order valence-corrected chi connectivity index (χ1v) is 9.36. The van der Waals surface area contributed by atoms with Gasteiger partial charge in [0.05, 0.1) is 12.1 Å². The summed E-state index contributed by atoms with van der Waals surface area (Å²) in [4.78, 5) is 47.2. The van der Waals surface area contributed by atoms with Gasteiger partial charge in [0.15, 0.2) is 0 Å². The van der Waals surface area contributed by atoms with E-state index in [0.29, 0.717) is 12.7 Å². The summed E-state index contributed by atoms with van der Waals surface area (Å²) < 4.78 is 0. The lowest BCUT2D eigenvalue weighted by Crippen LogP contribution is -2.54. The lowest BCUT2D eigenvalue weighted by atomic mass is 10.0. The van der Waals surface area contributed by atoms with Crippen LogP contribution in [0.1, 0.15) is 38.7 Å². The number of hydrogen-bond donors (Lipinski definition) is 4. The second-order valence-electron chi connectivity index (χ2n) is 7.24. The number of amides is 3. The number of aldehydes is 1. The molecule has 0 bridgehead atoms. The van der Waals surface area contributed by atoms with Crippen LogP contribution < -0.4 is 22.1 Å². The quantitative estimate of drug-likeness (QED) is 0.372. The predicted molar refractivity (Wildman–Crippen MR) is 106 cm³/mol. The minimum absolute atomic E-state index is 0.0291. The van der Waals surface area contributed by atoms with Crippen LogP contribution in [-0.2, 0) is 25.6 Å². The van der Waals surface area contributed by atoms with E-state index in [9.17, 15) is 19.2 Å². The highest BCUT2D eigenvalue weighted by atomic mass is 16.2. The van der Waals surface area contributed by atoms with Crippen LogP contribution >= 0.6 is 0 Å². The first kappa shape index (κ1) is 23.3. The standard InChI is InChI=1S/C20H30N4O4/c1-13(2)10-16(21)19(27)24-17(11-14-6-4-3-5-7-14)20(28)23-15(12-25)8-9-18(22)26/h3-7,12-13,15-17H,8-11,21H2,1-2H3,(H2,22,26)(H,23,28)(H,24,27)/t15-,16-,17-/m0/s1. The van der Waals surface area contributed by atoms with Crippen molar-refractivity contribution in [2.24, 2.45) is 17.4 Å². The predicted octanol–water partition coefficient (Wildman–Crippen LogP) is 0.0365. The molecule has 0 saturated heterocycles. The number of carbonyl (C=O) groups excluding carboxylic acids is 4. The Balaban J connectivity index is 2.86. The van der Waals surface area contributed by atoms with Crippen LogP contribution in [0.2, 0.25) is 0 Å². The molecule has 8 heteroatoms. The summed E-state index contributed by atoms with van der Waals surface area (Å²) in [6.07, 6.45) is 1.35. The molecule has 0 spiro atoms. The van der Waals surface area contributed by atoms with Gasteiger partial charge in [-0.05, 0) is 24.3 Å². The molecule has 0 heterocycles.